The number of rotatable bonds is 3. The monoisotopic (exact) mass is 421 g/mol. The zero-order valence-electron chi connectivity index (χ0n) is 18.5. The highest BCUT2D eigenvalue weighted by molar-refractivity contribution is 5.99. The van der Waals surface area contributed by atoms with Crippen molar-refractivity contribution in [3.8, 4) is 0 Å². The number of aromatic nitrogens is 3. The summed E-state index contributed by atoms with van der Waals surface area (Å²) in [4.78, 5) is 18.7. The third-order valence-electron chi connectivity index (χ3n) is 8.76. The zero-order valence-corrected chi connectivity index (χ0v) is 18.5. The fraction of sp³-hybridized carbons (Fsp3) is 0.720. The molecule has 3 aliphatic heterocycles. The Kier molecular flexibility index (Phi) is 5.21. The summed E-state index contributed by atoms with van der Waals surface area (Å²) in [7, 11) is 0. The molecule has 0 aromatic carbocycles. The van der Waals surface area contributed by atoms with Crippen LogP contribution in [0.5, 0.6) is 0 Å². The molecule has 1 aliphatic carbocycles. The van der Waals surface area contributed by atoms with E-state index in [1.165, 1.54) is 70.8 Å². The van der Waals surface area contributed by atoms with Crippen LogP contribution in [0.25, 0.3) is 5.65 Å². The lowest BCUT2D eigenvalue weighted by Crippen LogP contribution is -2.64. The number of carbonyl (C=O) groups excluding carboxylic acids is 1. The Labute approximate surface area is 185 Å². The van der Waals surface area contributed by atoms with E-state index in [0.29, 0.717) is 35.1 Å². The standard InChI is InChI=1S/C25H35N5O/c31-25(21-9-6-11-28-17-26-27-24(21)28)29-15-19-14-20(16-29)23(13-18-7-2-1-3-8-18)30-12-5-4-10-22(19)30/h6,9,11,17-20,22-23H,1-5,7-8,10,12-16H2/t19-,20+,22+,23+/m1/s1. The Hall–Kier alpha value is -1.95. The number of amides is 1. The number of hydrogen-bond donors (Lipinski definition) is 0. The molecule has 2 aromatic heterocycles. The second-order valence-electron chi connectivity index (χ2n) is 10.6. The maximum atomic E-state index is 13.6. The number of pyridine rings is 1. The van der Waals surface area contributed by atoms with Crippen molar-refractivity contribution in [1.82, 2.24) is 24.4 Å². The topological polar surface area (TPSA) is 53.7 Å². The fourth-order valence-corrected chi connectivity index (χ4v) is 7.35. The number of hydrogen-bond acceptors (Lipinski definition) is 4. The van der Waals surface area contributed by atoms with Gasteiger partial charge >= 0.3 is 0 Å². The minimum absolute atomic E-state index is 0.147. The summed E-state index contributed by atoms with van der Waals surface area (Å²) in [5.41, 5.74) is 1.38. The molecule has 3 saturated heterocycles. The maximum absolute atomic E-state index is 13.6. The van der Waals surface area contributed by atoms with E-state index in [9.17, 15) is 4.79 Å². The Morgan fingerprint density at radius 2 is 1.87 bits per heavy atom. The SMILES string of the molecule is O=C(c1cccn2cnnc12)N1C[C@H]2C[C@@H](C1)[C@H](CC1CCCCC1)N1CCCC[C@@H]21. The van der Waals surface area contributed by atoms with E-state index in [1.807, 2.05) is 22.7 Å². The Morgan fingerprint density at radius 1 is 1.03 bits per heavy atom. The molecule has 0 spiro atoms. The largest absolute Gasteiger partial charge is 0.338 e. The van der Waals surface area contributed by atoms with Gasteiger partial charge in [-0.1, -0.05) is 38.5 Å². The smallest absolute Gasteiger partial charge is 0.257 e. The summed E-state index contributed by atoms with van der Waals surface area (Å²) in [5, 5.41) is 8.24. The van der Waals surface area contributed by atoms with Gasteiger partial charge in [0, 0.05) is 31.4 Å². The third kappa shape index (κ3) is 3.57. The van der Waals surface area contributed by atoms with Gasteiger partial charge in [0.25, 0.3) is 5.91 Å². The normalized spacial score (nSPS) is 32.2. The highest BCUT2D eigenvalue weighted by Gasteiger charge is 2.48. The van der Waals surface area contributed by atoms with E-state index < -0.39 is 0 Å². The van der Waals surface area contributed by atoms with Crippen molar-refractivity contribution in [1.29, 1.82) is 0 Å². The fourth-order valence-electron chi connectivity index (χ4n) is 7.35. The van der Waals surface area contributed by atoms with Crippen LogP contribution >= 0.6 is 0 Å². The van der Waals surface area contributed by atoms with Crippen LogP contribution in [0, 0.1) is 17.8 Å². The molecular formula is C25H35N5O. The van der Waals surface area contributed by atoms with Crippen LogP contribution in [0.3, 0.4) is 0 Å². The number of carbonyl (C=O) groups is 1. The average Bonchev–Trinajstić information content (AvgIpc) is 3.31. The van der Waals surface area contributed by atoms with Crippen LogP contribution in [-0.4, -0.2) is 62.0 Å². The molecule has 6 heteroatoms. The first kappa shape index (κ1) is 19.7. The molecule has 1 saturated carbocycles. The zero-order chi connectivity index (χ0) is 20.8. The maximum Gasteiger partial charge on any atom is 0.257 e. The van der Waals surface area contributed by atoms with Crippen LogP contribution in [0.15, 0.2) is 24.7 Å². The summed E-state index contributed by atoms with van der Waals surface area (Å²) >= 11 is 0. The highest BCUT2D eigenvalue weighted by atomic mass is 16.2. The molecule has 31 heavy (non-hydrogen) atoms. The molecule has 5 heterocycles. The van der Waals surface area contributed by atoms with E-state index in [-0.39, 0.29) is 5.91 Å². The second kappa shape index (κ2) is 8.19. The van der Waals surface area contributed by atoms with E-state index >= 15 is 0 Å². The average molecular weight is 422 g/mol. The lowest BCUT2D eigenvalue weighted by atomic mass is 9.69. The van der Waals surface area contributed by atoms with Crippen molar-refractivity contribution < 1.29 is 4.79 Å². The molecule has 0 unspecified atom stereocenters. The minimum Gasteiger partial charge on any atom is -0.338 e. The molecule has 2 aromatic rings. The summed E-state index contributed by atoms with van der Waals surface area (Å²) in [6.07, 6.45) is 17.4. The summed E-state index contributed by atoms with van der Waals surface area (Å²) in [6, 6.07) is 5.20. The summed E-state index contributed by atoms with van der Waals surface area (Å²) in [5.74, 6) is 2.29. The molecule has 4 atom stereocenters. The van der Waals surface area contributed by atoms with Crippen LogP contribution in [0.2, 0.25) is 0 Å². The molecule has 0 N–H and O–H groups in total. The Morgan fingerprint density at radius 3 is 2.77 bits per heavy atom. The Balaban J connectivity index is 1.27. The molecule has 166 valence electrons. The van der Waals surface area contributed by atoms with Crippen LogP contribution < -0.4 is 0 Å². The lowest BCUT2D eigenvalue weighted by Gasteiger charge is -2.57. The van der Waals surface area contributed by atoms with Gasteiger partial charge in [-0.3, -0.25) is 14.1 Å². The predicted molar refractivity (Wildman–Crippen MR) is 120 cm³/mol. The second-order valence-corrected chi connectivity index (χ2v) is 10.6. The first-order valence-corrected chi connectivity index (χ1v) is 12.6. The number of piperidine rings is 3. The van der Waals surface area contributed by atoms with E-state index in [2.05, 4.69) is 20.0 Å². The first-order valence-electron chi connectivity index (χ1n) is 12.6. The molecule has 6 nitrogen and oxygen atoms in total. The molecule has 6 rings (SSSR count). The molecule has 4 fully saturated rings. The lowest BCUT2D eigenvalue weighted by molar-refractivity contribution is -0.0725. The van der Waals surface area contributed by atoms with Crippen molar-refractivity contribution >= 4 is 11.6 Å². The molecular weight excluding hydrogens is 386 g/mol. The summed E-state index contributed by atoms with van der Waals surface area (Å²) < 4.78 is 1.85. The third-order valence-corrected chi connectivity index (χ3v) is 8.76. The van der Waals surface area contributed by atoms with E-state index in [1.54, 1.807) is 6.33 Å². The van der Waals surface area contributed by atoms with Gasteiger partial charge in [-0.2, -0.15) is 0 Å². The van der Waals surface area contributed by atoms with Gasteiger partial charge in [-0.25, -0.2) is 0 Å². The van der Waals surface area contributed by atoms with Crippen LogP contribution in [0.4, 0.5) is 0 Å². The minimum atomic E-state index is 0.147. The van der Waals surface area contributed by atoms with Gasteiger partial charge in [0.15, 0.2) is 5.65 Å². The predicted octanol–water partition coefficient (Wildman–Crippen LogP) is 4.01. The van der Waals surface area contributed by atoms with Crippen LogP contribution in [-0.2, 0) is 0 Å². The van der Waals surface area contributed by atoms with Gasteiger partial charge in [0.2, 0.25) is 0 Å². The molecule has 4 aliphatic rings. The molecule has 1 amide bonds. The number of fused-ring (bicyclic) bond motifs is 5. The summed E-state index contributed by atoms with van der Waals surface area (Å²) in [6.45, 7) is 3.09. The van der Waals surface area contributed by atoms with Crippen LogP contribution in [0.1, 0.15) is 74.6 Å². The van der Waals surface area contributed by atoms with Gasteiger partial charge < -0.3 is 4.90 Å². The van der Waals surface area contributed by atoms with Gasteiger partial charge in [-0.15, -0.1) is 10.2 Å². The van der Waals surface area contributed by atoms with Crippen molar-refractivity contribution in [3.63, 3.8) is 0 Å². The molecule has 2 bridgehead atoms. The Bertz CT molecular complexity index is 935. The number of nitrogens with zero attached hydrogens (tertiary/aromatic N) is 5. The van der Waals surface area contributed by atoms with E-state index in [4.69, 9.17) is 0 Å². The first-order chi connectivity index (χ1) is 15.3. The quantitative estimate of drug-likeness (QED) is 0.751. The number of likely N-dealkylation sites (tertiary alicyclic amines) is 1. The van der Waals surface area contributed by atoms with Crippen molar-refractivity contribution in [2.24, 2.45) is 17.8 Å². The van der Waals surface area contributed by atoms with Gasteiger partial charge in [-0.05, 0) is 62.1 Å². The van der Waals surface area contributed by atoms with Crippen molar-refractivity contribution in [3.05, 3.63) is 30.2 Å². The highest BCUT2D eigenvalue weighted by Crippen LogP contribution is 2.44. The van der Waals surface area contributed by atoms with Crippen molar-refractivity contribution in [2.45, 2.75) is 76.3 Å². The molecule has 0 radical (unpaired) electrons. The van der Waals surface area contributed by atoms with Crippen molar-refractivity contribution in [2.75, 3.05) is 19.6 Å². The van der Waals surface area contributed by atoms with Gasteiger partial charge in [0.1, 0.15) is 6.33 Å². The van der Waals surface area contributed by atoms with E-state index in [0.717, 1.165) is 19.0 Å². The van der Waals surface area contributed by atoms with Gasteiger partial charge in [0.05, 0.1) is 5.56 Å².